The molecule has 3 N–H and O–H groups in total. The van der Waals surface area contributed by atoms with Crippen LogP contribution in [-0.4, -0.2) is 12.0 Å². The van der Waals surface area contributed by atoms with Gasteiger partial charge in [-0.25, -0.2) is 0 Å². The monoisotopic (exact) mass is 348 g/mol. The maximum atomic E-state index is 12.0. The average molecular weight is 349 g/mol. The summed E-state index contributed by atoms with van der Waals surface area (Å²) in [6.07, 6.45) is -0.562. The van der Waals surface area contributed by atoms with Crippen LogP contribution in [0.2, 0.25) is 0 Å². The van der Waals surface area contributed by atoms with Crippen molar-refractivity contribution in [2.75, 3.05) is 11.1 Å². The Morgan fingerprint density at radius 1 is 1.24 bits per heavy atom. The standard InChI is InChI=1S/C16H17BrN2O2/c1-11(21-10-12-6-8-13(17)9-7-12)16(20)19-15-5-3-2-4-14(15)18/h2-9,11H,10,18H2,1H3,(H,19,20). The number of carbonyl (C=O) groups is 1. The van der Waals surface area contributed by atoms with Crippen molar-refractivity contribution in [3.63, 3.8) is 0 Å². The van der Waals surface area contributed by atoms with Gasteiger partial charge in [-0.1, -0.05) is 40.2 Å². The smallest absolute Gasteiger partial charge is 0.253 e. The van der Waals surface area contributed by atoms with Crippen molar-refractivity contribution in [1.29, 1.82) is 0 Å². The van der Waals surface area contributed by atoms with Gasteiger partial charge >= 0.3 is 0 Å². The molecule has 0 aliphatic rings. The van der Waals surface area contributed by atoms with E-state index in [4.69, 9.17) is 10.5 Å². The zero-order chi connectivity index (χ0) is 15.2. The Kier molecular flexibility index (Phi) is 5.36. The van der Waals surface area contributed by atoms with Crippen LogP contribution in [0.1, 0.15) is 12.5 Å². The predicted octanol–water partition coefficient (Wildman–Crippen LogP) is 3.58. The minimum Gasteiger partial charge on any atom is -0.397 e. The van der Waals surface area contributed by atoms with Crippen molar-refractivity contribution >= 4 is 33.2 Å². The highest BCUT2D eigenvalue weighted by atomic mass is 79.9. The van der Waals surface area contributed by atoms with Crippen LogP contribution in [0.5, 0.6) is 0 Å². The fourth-order valence-electron chi connectivity index (χ4n) is 1.72. The Morgan fingerprint density at radius 2 is 1.90 bits per heavy atom. The second-order valence-corrected chi connectivity index (χ2v) is 5.57. The van der Waals surface area contributed by atoms with E-state index in [0.29, 0.717) is 18.0 Å². The zero-order valence-electron chi connectivity index (χ0n) is 11.7. The number of nitrogen functional groups attached to an aromatic ring is 1. The van der Waals surface area contributed by atoms with Gasteiger partial charge in [0.15, 0.2) is 0 Å². The molecular weight excluding hydrogens is 332 g/mol. The van der Waals surface area contributed by atoms with Crippen LogP contribution in [0.25, 0.3) is 0 Å². The molecule has 2 aromatic rings. The van der Waals surface area contributed by atoms with Crippen LogP contribution < -0.4 is 11.1 Å². The minimum atomic E-state index is -0.562. The summed E-state index contributed by atoms with van der Waals surface area (Å²) in [6.45, 7) is 2.10. The van der Waals surface area contributed by atoms with Crippen LogP contribution in [-0.2, 0) is 16.1 Å². The van der Waals surface area contributed by atoms with Gasteiger partial charge in [0.25, 0.3) is 5.91 Å². The van der Waals surface area contributed by atoms with Gasteiger partial charge in [0.2, 0.25) is 0 Å². The van der Waals surface area contributed by atoms with Gasteiger partial charge < -0.3 is 15.8 Å². The van der Waals surface area contributed by atoms with Gasteiger partial charge in [0.05, 0.1) is 18.0 Å². The molecular formula is C16H17BrN2O2. The molecule has 0 bridgehead atoms. The SMILES string of the molecule is CC(OCc1ccc(Br)cc1)C(=O)Nc1ccccc1N. The Hall–Kier alpha value is -1.85. The van der Waals surface area contributed by atoms with Crippen LogP contribution in [0.3, 0.4) is 0 Å². The molecule has 0 heterocycles. The number of hydrogen-bond donors (Lipinski definition) is 2. The Labute approximate surface area is 132 Å². The summed E-state index contributed by atoms with van der Waals surface area (Å²) in [4.78, 5) is 12.0. The summed E-state index contributed by atoms with van der Waals surface area (Å²) in [6, 6.07) is 14.9. The number of hydrogen-bond acceptors (Lipinski definition) is 3. The first-order chi connectivity index (χ1) is 10.1. The largest absolute Gasteiger partial charge is 0.397 e. The summed E-state index contributed by atoms with van der Waals surface area (Å²) in [5.41, 5.74) is 7.93. The number of rotatable bonds is 5. The maximum Gasteiger partial charge on any atom is 0.253 e. The summed E-state index contributed by atoms with van der Waals surface area (Å²) < 4.78 is 6.58. The molecule has 0 saturated carbocycles. The van der Waals surface area contributed by atoms with Crippen LogP contribution in [0.4, 0.5) is 11.4 Å². The van der Waals surface area contributed by atoms with E-state index in [9.17, 15) is 4.79 Å². The van der Waals surface area contributed by atoms with Gasteiger partial charge in [-0.15, -0.1) is 0 Å². The van der Waals surface area contributed by atoms with Gasteiger partial charge in [-0.3, -0.25) is 4.79 Å². The van der Waals surface area contributed by atoms with Gasteiger partial charge in [-0.2, -0.15) is 0 Å². The zero-order valence-corrected chi connectivity index (χ0v) is 13.3. The molecule has 2 rings (SSSR count). The molecule has 1 unspecified atom stereocenters. The van der Waals surface area contributed by atoms with E-state index in [1.807, 2.05) is 36.4 Å². The minimum absolute atomic E-state index is 0.218. The number of carbonyl (C=O) groups excluding carboxylic acids is 1. The lowest BCUT2D eigenvalue weighted by molar-refractivity contribution is -0.127. The quantitative estimate of drug-likeness (QED) is 0.811. The second kappa shape index (κ2) is 7.24. The molecule has 0 radical (unpaired) electrons. The fourth-order valence-corrected chi connectivity index (χ4v) is 1.99. The van der Waals surface area contributed by atoms with Crippen molar-refractivity contribution in [3.05, 3.63) is 58.6 Å². The van der Waals surface area contributed by atoms with Gasteiger partial charge in [0.1, 0.15) is 6.10 Å². The van der Waals surface area contributed by atoms with E-state index < -0.39 is 6.10 Å². The van der Waals surface area contributed by atoms with Crippen molar-refractivity contribution in [1.82, 2.24) is 0 Å². The lowest BCUT2D eigenvalue weighted by atomic mass is 10.2. The molecule has 5 heteroatoms. The van der Waals surface area contributed by atoms with Crippen molar-refractivity contribution in [2.45, 2.75) is 19.6 Å². The van der Waals surface area contributed by atoms with Crippen LogP contribution >= 0.6 is 15.9 Å². The van der Waals surface area contributed by atoms with Gasteiger partial charge in [-0.05, 0) is 36.8 Å². The Balaban J connectivity index is 1.88. The summed E-state index contributed by atoms with van der Waals surface area (Å²) in [7, 11) is 0. The van der Waals surface area contributed by atoms with Crippen molar-refractivity contribution in [2.24, 2.45) is 0 Å². The summed E-state index contributed by atoms with van der Waals surface area (Å²) in [5, 5.41) is 2.76. The topological polar surface area (TPSA) is 64.3 Å². The number of nitrogens with one attached hydrogen (secondary N) is 1. The highest BCUT2D eigenvalue weighted by molar-refractivity contribution is 9.10. The van der Waals surface area contributed by atoms with E-state index in [1.54, 1.807) is 19.1 Å². The van der Waals surface area contributed by atoms with E-state index >= 15 is 0 Å². The molecule has 0 aliphatic carbocycles. The number of amides is 1. The number of para-hydroxylation sites is 2. The Morgan fingerprint density at radius 3 is 2.57 bits per heavy atom. The summed E-state index contributed by atoms with van der Waals surface area (Å²) >= 11 is 3.38. The fraction of sp³-hybridized carbons (Fsp3) is 0.188. The normalized spacial score (nSPS) is 11.9. The molecule has 21 heavy (non-hydrogen) atoms. The third-order valence-corrected chi connectivity index (χ3v) is 3.53. The number of halogens is 1. The molecule has 0 spiro atoms. The summed E-state index contributed by atoms with van der Waals surface area (Å²) in [5.74, 6) is -0.218. The highest BCUT2D eigenvalue weighted by Crippen LogP contribution is 2.17. The van der Waals surface area contributed by atoms with E-state index in [2.05, 4.69) is 21.2 Å². The van der Waals surface area contributed by atoms with Gasteiger partial charge in [0, 0.05) is 4.47 Å². The molecule has 2 aromatic carbocycles. The molecule has 0 aliphatic heterocycles. The number of nitrogens with two attached hydrogens (primary N) is 1. The second-order valence-electron chi connectivity index (χ2n) is 4.66. The molecule has 0 aromatic heterocycles. The third-order valence-electron chi connectivity index (χ3n) is 3.00. The Bertz CT molecular complexity index is 614. The van der Waals surface area contributed by atoms with Crippen molar-refractivity contribution in [3.8, 4) is 0 Å². The number of benzene rings is 2. The van der Waals surface area contributed by atoms with E-state index in [1.165, 1.54) is 0 Å². The first-order valence-corrected chi connectivity index (χ1v) is 7.37. The molecule has 0 fully saturated rings. The molecule has 1 atom stereocenters. The molecule has 1 amide bonds. The lowest BCUT2D eigenvalue weighted by Gasteiger charge is -2.14. The van der Waals surface area contributed by atoms with Crippen molar-refractivity contribution < 1.29 is 9.53 Å². The average Bonchev–Trinajstić information content (AvgIpc) is 2.48. The number of ether oxygens (including phenoxy) is 1. The van der Waals surface area contributed by atoms with Crippen LogP contribution in [0, 0.1) is 0 Å². The molecule has 4 nitrogen and oxygen atoms in total. The number of anilines is 2. The predicted molar refractivity (Wildman–Crippen MR) is 87.9 cm³/mol. The maximum absolute atomic E-state index is 12.0. The highest BCUT2D eigenvalue weighted by Gasteiger charge is 2.14. The molecule has 110 valence electrons. The first-order valence-electron chi connectivity index (χ1n) is 6.57. The lowest BCUT2D eigenvalue weighted by Crippen LogP contribution is -2.27. The van der Waals surface area contributed by atoms with Crippen LogP contribution in [0.15, 0.2) is 53.0 Å². The first kappa shape index (κ1) is 15.5. The molecule has 0 saturated heterocycles. The van der Waals surface area contributed by atoms with E-state index in [0.717, 1.165) is 10.0 Å². The van der Waals surface area contributed by atoms with E-state index in [-0.39, 0.29) is 5.91 Å². The third kappa shape index (κ3) is 4.58.